The van der Waals surface area contributed by atoms with Crippen molar-refractivity contribution in [1.82, 2.24) is 0 Å². The van der Waals surface area contributed by atoms with Gasteiger partial charge in [-0.15, -0.1) is 0 Å². The van der Waals surface area contributed by atoms with E-state index in [2.05, 4.69) is 19.2 Å². The maximum atomic E-state index is 12.9. The van der Waals surface area contributed by atoms with Crippen LogP contribution in [-0.4, -0.2) is 33.7 Å². The van der Waals surface area contributed by atoms with Gasteiger partial charge in [0.15, 0.2) is 0 Å². The number of sulfonamides is 1. The van der Waals surface area contributed by atoms with Gasteiger partial charge in [0, 0.05) is 11.8 Å². The summed E-state index contributed by atoms with van der Waals surface area (Å²) < 4.78 is 31.4. The molecule has 0 spiro atoms. The summed E-state index contributed by atoms with van der Waals surface area (Å²) in [4.78, 5) is 12.9. The van der Waals surface area contributed by atoms with Gasteiger partial charge in [-0.05, 0) is 42.2 Å². The van der Waals surface area contributed by atoms with Crippen LogP contribution in [0, 0.1) is 0 Å². The summed E-state index contributed by atoms with van der Waals surface area (Å²) in [6.07, 6.45) is 1.42. The second-order valence-corrected chi connectivity index (χ2v) is 8.81. The molecule has 1 atom stereocenters. The Kier molecular flexibility index (Phi) is 7.07. The highest BCUT2D eigenvalue weighted by Crippen LogP contribution is 2.27. The highest BCUT2D eigenvalue weighted by Gasteiger charge is 2.31. The fraction of sp³-hybridized carbons (Fsp3) is 0.381. The number of anilines is 2. The molecule has 0 aliphatic rings. The first-order valence-electron chi connectivity index (χ1n) is 9.21. The summed E-state index contributed by atoms with van der Waals surface area (Å²) in [5, 5.41) is 2.83. The van der Waals surface area contributed by atoms with Crippen molar-refractivity contribution >= 4 is 27.3 Å². The van der Waals surface area contributed by atoms with Crippen LogP contribution in [0.15, 0.2) is 48.5 Å². The van der Waals surface area contributed by atoms with Gasteiger partial charge in [0.25, 0.3) is 0 Å². The molecule has 2 rings (SSSR count). The third-order valence-electron chi connectivity index (χ3n) is 4.48. The minimum atomic E-state index is -3.69. The lowest BCUT2D eigenvalue weighted by atomic mass is 10.0. The van der Waals surface area contributed by atoms with Crippen LogP contribution >= 0.6 is 0 Å². The van der Waals surface area contributed by atoms with E-state index in [-0.39, 0.29) is 5.91 Å². The quantitative estimate of drug-likeness (QED) is 0.721. The normalized spacial score (nSPS) is 12.5. The van der Waals surface area contributed by atoms with E-state index in [0.717, 1.165) is 10.6 Å². The average Bonchev–Trinajstić information content (AvgIpc) is 2.65. The first-order valence-corrected chi connectivity index (χ1v) is 11.1. The fourth-order valence-corrected chi connectivity index (χ4v) is 4.19. The van der Waals surface area contributed by atoms with Gasteiger partial charge in [-0.25, -0.2) is 8.42 Å². The predicted molar refractivity (Wildman–Crippen MR) is 114 cm³/mol. The maximum Gasteiger partial charge on any atom is 0.248 e. The van der Waals surface area contributed by atoms with Crippen LogP contribution in [-0.2, 0) is 14.8 Å². The molecular formula is C21H28N2O4S. The molecule has 1 amide bonds. The van der Waals surface area contributed by atoms with Gasteiger partial charge in [0.05, 0.1) is 19.1 Å². The van der Waals surface area contributed by atoms with Crippen LogP contribution in [0.4, 0.5) is 11.4 Å². The van der Waals surface area contributed by atoms with E-state index in [9.17, 15) is 13.2 Å². The van der Waals surface area contributed by atoms with Gasteiger partial charge in [-0.3, -0.25) is 9.10 Å². The van der Waals surface area contributed by atoms with E-state index in [1.165, 1.54) is 12.7 Å². The van der Waals surface area contributed by atoms with Crippen LogP contribution in [0.1, 0.15) is 38.7 Å². The molecule has 6 nitrogen and oxygen atoms in total. The molecule has 2 aromatic carbocycles. The molecule has 0 aromatic heterocycles. The molecule has 28 heavy (non-hydrogen) atoms. The molecule has 0 aliphatic heterocycles. The van der Waals surface area contributed by atoms with Crippen LogP contribution in [0.3, 0.4) is 0 Å². The molecule has 0 heterocycles. The van der Waals surface area contributed by atoms with E-state index in [4.69, 9.17) is 4.74 Å². The van der Waals surface area contributed by atoms with E-state index in [1.54, 1.807) is 31.2 Å². The van der Waals surface area contributed by atoms with E-state index in [0.29, 0.717) is 29.5 Å². The van der Waals surface area contributed by atoms with Gasteiger partial charge in [-0.1, -0.05) is 39.0 Å². The zero-order valence-electron chi connectivity index (χ0n) is 17.0. The lowest BCUT2D eigenvalue weighted by Crippen LogP contribution is -2.47. The van der Waals surface area contributed by atoms with Crippen molar-refractivity contribution in [2.24, 2.45) is 0 Å². The number of benzene rings is 2. The van der Waals surface area contributed by atoms with Gasteiger partial charge >= 0.3 is 0 Å². The lowest BCUT2D eigenvalue weighted by molar-refractivity contribution is -0.117. The summed E-state index contributed by atoms with van der Waals surface area (Å²) in [5.41, 5.74) is 2.19. The molecule has 0 unspecified atom stereocenters. The van der Waals surface area contributed by atoms with E-state index >= 15 is 0 Å². The number of carbonyl (C=O) groups excluding carboxylic acids is 1. The molecule has 0 saturated carbocycles. The Labute approximate surface area is 167 Å². The van der Waals surface area contributed by atoms with Crippen molar-refractivity contribution in [2.75, 3.05) is 23.0 Å². The van der Waals surface area contributed by atoms with Crippen LogP contribution in [0.2, 0.25) is 0 Å². The molecule has 2 aromatic rings. The molecule has 0 saturated heterocycles. The van der Waals surface area contributed by atoms with Gasteiger partial charge < -0.3 is 10.1 Å². The minimum absolute atomic E-state index is 0.320. The number of hydrogen-bond acceptors (Lipinski definition) is 4. The molecule has 1 N–H and O–H groups in total. The standard InChI is InChI=1S/C21H28N2O4S/c1-6-20(21(24)22-17-12-10-16(11-13-17)15(2)3)23(28(5,25)26)18-8-7-9-19(14-18)27-4/h7-15,20H,6H2,1-5H3,(H,22,24)/t20-/m1/s1. The third kappa shape index (κ3) is 5.25. The Hall–Kier alpha value is -2.54. The Morgan fingerprint density at radius 3 is 2.29 bits per heavy atom. The number of amides is 1. The molecule has 0 aliphatic carbocycles. The largest absolute Gasteiger partial charge is 0.497 e. The number of hydrogen-bond donors (Lipinski definition) is 1. The van der Waals surface area contributed by atoms with Gasteiger partial charge in [0.2, 0.25) is 15.9 Å². The molecule has 0 fully saturated rings. The van der Waals surface area contributed by atoms with Crippen LogP contribution < -0.4 is 14.4 Å². The van der Waals surface area contributed by atoms with Gasteiger partial charge in [0.1, 0.15) is 11.8 Å². The van der Waals surface area contributed by atoms with Crippen molar-refractivity contribution in [3.8, 4) is 5.75 Å². The second-order valence-electron chi connectivity index (χ2n) is 6.95. The zero-order valence-corrected chi connectivity index (χ0v) is 17.8. The molecule has 152 valence electrons. The first-order chi connectivity index (χ1) is 13.2. The fourth-order valence-electron chi connectivity index (χ4n) is 2.98. The Morgan fingerprint density at radius 2 is 1.79 bits per heavy atom. The number of carbonyl (C=O) groups is 1. The number of methoxy groups -OCH3 is 1. The summed E-state index contributed by atoms with van der Waals surface area (Å²) >= 11 is 0. The summed E-state index contributed by atoms with van der Waals surface area (Å²) in [7, 11) is -2.18. The maximum absolute atomic E-state index is 12.9. The molecule has 0 radical (unpaired) electrons. The predicted octanol–water partition coefficient (Wildman–Crippen LogP) is 4.00. The van der Waals surface area contributed by atoms with Crippen LogP contribution in [0.25, 0.3) is 0 Å². The number of ether oxygens (including phenoxy) is 1. The number of nitrogens with one attached hydrogen (secondary N) is 1. The topological polar surface area (TPSA) is 75.7 Å². The number of nitrogens with zero attached hydrogens (tertiary/aromatic N) is 1. The second kappa shape index (κ2) is 9.10. The Balaban J connectivity index is 2.33. The van der Waals surface area contributed by atoms with E-state index < -0.39 is 16.1 Å². The first kappa shape index (κ1) is 21.8. The SMILES string of the molecule is CC[C@H](C(=O)Nc1ccc(C(C)C)cc1)N(c1cccc(OC)c1)S(C)(=O)=O. The Bertz CT molecular complexity index is 908. The van der Waals surface area contributed by atoms with Crippen molar-refractivity contribution in [3.05, 3.63) is 54.1 Å². The van der Waals surface area contributed by atoms with Crippen molar-refractivity contribution < 1.29 is 17.9 Å². The van der Waals surface area contributed by atoms with Gasteiger partial charge in [-0.2, -0.15) is 0 Å². The molecular weight excluding hydrogens is 376 g/mol. The van der Waals surface area contributed by atoms with Crippen molar-refractivity contribution in [3.63, 3.8) is 0 Å². The summed E-state index contributed by atoms with van der Waals surface area (Å²) in [6.45, 7) is 5.97. The molecule has 7 heteroatoms. The minimum Gasteiger partial charge on any atom is -0.497 e. The third-order valence-corrected chi connectivity index (χ3v) is 5.66. The zero-order chi connectivity index (χ0) is 20.9. The van der Waals surface area contributed by atoms with Crippen molar-refractivity contribution in [2.45, 2.75) is 39.2 Å². The number of rotatable bonds is 8. The Morgan fingerprint density at radius 1 is 1.14 bits per heavy atom. The van der Waals surface area contributed by atoms with Crippen LogP contribution in [0.5, 0.6) is 5.75 Å². The summed E-state index contributed by atoms with van der Waals surface area (Å²) in [5.74, 6) is 0.528. The highest BCUT2D eigenvalue weighted by atomic mass is 32.2. The highest BCUT2D eigenvalue weighted by molar-refractivity contribution is 7.92. The lowest BCUT2D eigenvalue weighted by Gasteiger charge is -2.30. The smallest absolute Gasteiger partial charge is 0.248 e. The van der Waals surface area contributed by atoms with Crippen molar-refractivity contribution in [1.29, 1.82) is 0 Å². The average molecular weight is 405 g/mol. The van der Waals surface area contributed by atoms with E-state index in [1.807, 2.05) is 24.3 Å². The monoisotopic (exact) mass is 404 g/mol. The summed E-state index contributed by atoms with van der Waals surface area (Å²) in [6, 6.07) is 13.4. The molecule has 0 bridgehead atoms.